The van der Waals surface area contributed by atoms with Crippen LogP contribution in [0.5, 0.6) is 0 Å². The van der Waals surface area contributed by atoms with E-state index in [-0.39, 0.29) is 18.0 Å². The summed E-state index contributed by atoms with van der Waals surface area (Å²) < 4.78 is 26.2. The number of carbonyl (C=O) groups is 1. The second-order valence-electron chi connectivity index (χ2n) is 8.49. The second-order valence-corrected chi connectivity index (χ2v) is 10.7. The van der Waals surface area contributed by atoms with Crippen molar-refractivity contribution >= 4 is 15.7 Å². The first kappa shape index (κ1) is 20.0. The molecule has 2 heterocycles. The van der Waals surface area contributed by atoms with Crippen LogP contribution in [0.1, 0.15) is 36.0 Å². The number of hydrogen-bond acceptors (Lipinski definition) is 3. The van der Waals surface area contributed by atoms with Gasteiger partial charge in [-0.2, -0.15) is 0 Å². The molecule has 0 aliphatic carbocycles. The van der Waals surface area contributed by atoms with Crippen LogP contribution in [0, 0.1) is 0 Å². The topological polar surface area (TPSA) is 54.5 Å². The molecule has 5 rings (SSSR count). The first-order valence-corrected chi connectivity index (χ1v) is 12.4. The number of benzene rings is 3. The maximum atomic E-state index is 13.3. The van der Waals surface area contributed by atoms with E-state index in [1.165, 1.54) is 0 Å². The predicted molar refractivity (Wildman–Crippen MR) is 122 cm³/mol. The molecular weight excluding hydrogens is 406 g/mol. The molecule has 0 spiro atoms. The summed E-state index contributed by atoms with van der Waals surface area (Å²) >= 11 is 0. The third-order valence-corrected chi connectivity index (χ3v) is 8.87. The summed E-state index contributed by atoms with van der Waals surface area (Å²) in [6, 6.07) is 26.5. The van der Waals surface area contributed by atoms with Crippen molar-refractivity contribution in [2.24, 2.45) is 0 Å². The number of sulfone groups is 1. The molecule has 0 radical (unpaired) electrons. The summed E-state index contributed by atoms with van der Waals surface area (Å²) in [5.74, 6) is 0.0164. The molecular formula is C26H25NO3S. The lowest BCUT2D eigenvalue weighted by molar-refractivity contribution is 0.0598. The Bertz CT molecular complexity index is 1160. The number of carbonyl (C=O) groups excluding carboxylic acids is 1. The van der Waals surface area contributed by atoms with E-state index in [0.29, 0.717) is 23.3 Å². The van der Waals surface area contributed by atoms with Crippen molar-refractivity contribution in [2.45, 2.75) is 47.9 Å². The van der Waals surface area contributed by atoms with Crippen molar-refractivity contribution < 1.29 is 13.2 Å². The van der Waals surface area contributed by atoms with Crippen molar-refractivity contribution in [1.82, 2.24) is 4.90 Å². The Kier molecular flexibility index (Phi) is 5.14. The van der Waals surface area contributed by atoms with Crippen LogP contribution in [0.25, 0.3) is 11.1 Å². The van der Waals surface area contributed by atoms with Gasteiger partial charge in [-0.15, -0.1) is 0 Å². The third-order valence-electron chi connectivity index (χ3n) is 6.67. The van der Waals surface area contributed by atoms with E-state index in [2.05, 4.69) is 12.1 Å². The normalized spacial score (nSPS) is 23.0. The minimum atomic E-state index is -3.38. The highest BCUT2D eigenvalue weighted by Gasteiger charge is 2.47. The van der Waals surface area contributed by atoms with Crippen LogP contribution in [0.2, 0.25) is 0 Å². The Hall–Kier alpha value is -2.92. The van der Waals surface area contributed by atoms with Crippen molar-refractivity contribution in [3.8, 4) is 11.1 Å². The second kappa shape index (κ2) is 7.97. The maximum Gasteiger partial charge on any atom is 0.254 e. The molecule has 0 saturated carbocycles. The van der Waals surface area contributed by atoms with E-state index >= 15 is 0 Å². The van der Waals surface area contributed by atoms with Crippen LogP contribution < -0.4 is 0 Å². The van der Waals surface area contributed by atoms with Gasteiger partial charge in [0.15, 0.2) is 9.84 Å². The Labute approximate surface area is 183 Å². The average molecular weight is 432 g/mol. The minimum absolute atomic E-state index is 0.0106. The van der Waals surface area contributed by atoms with Crippen LogP contribution in [0.3, 0.4) is 0 Å². The lowest BCUT2D eigenvalue weighted by Crippen LogP contribution is -2.49. The zero-order valence-corrected chi connectivity index (χ0v) is 18.0. The molecule has 2 aliphatic rings. The number of rotatable bonds is 4. The van der Waals surface area contributed by atoms with Gasteiger partial charge in [0.05, 0.1) is 10.1 Å². The van der Waals surface area contributed by atoms with E-state index in [1.54, 1.807) is 24.3 Å². The number of amides is 1. The van der Waals surface area contributed by atoms with Crippen LogP contribution >= 0.6 is 0 Å². The van der Waals surface area contributed by atoms with Gasteiger partial charge in [0, 0.05) is 17.6 Å². The highest BCUT2D eigenvalue weighted by Crippen LogP contribution is 2.40. The van der Waals surface area contributed by atoms with Gasteiger partial charge in [0.25, 0.3) is 5.91 Å². The summed E-state index contributed by atoms with van der Waals surface area (Å²) in [6.45, 7) is 0. The quantitative estimate of drug-likeness (QED) is 0.586. The molecule has 2 bridgehead atoms. The standard InChI is InChI=1S/C26H25NO3S/c28-26(21-13-11-20(12-14-21)19-7-3-1-4-8-19)27-22-15-16-23(27)18-25(17-22)31(29,30)24-9-5-2-6-10-24/h1-14,22-23,25H,15-18H2. The average Bonchev–Trinajstić information content (AvgIpc) is 3.08. The van der Waals surface area contributed by atoms with E-state index in [4.69, 9.17) is 0 Å². The van der Waals surface area contributed by atoms with Crippen LogP contribution in [-0.4, -0.2) is 36.6 Å². The fourth-order valence-electron chi connectivity index (χ4n) is 5.10. The molecule has 158 valence electrons. The van der Waals surface area contributed by atoms with Gasteiger partial charge in [-0.3, -0.25) is 4.79 Å². The van der Waals surface area contributed by atoms with Gasteiger partial charge in [-0.1, -0.05) is 60.7 Å². The van der Waals surface area contributed by atoms with Crippen LogP contribution in [0.4, 0.5) is 0 Å². The molecule has 2 unspecified atom stereocenters. The van der Waals surface area contributed by atoms with Gasteiger partial charge in [-0.25, -0.2) is 8.42 Å². The van der Waals surface area contributed by atoms with Gasteiger partial charge < -0.3 is 4.90 Å². The first-order chi connectivity index (χ1) is 15.0. The summed E-state index contributed by atoms with van der Waals surface area (Å²) in [4.78, 5) is 15.6. The summed E-state index contributed by atoms with van der Waals surface area (Å²) in [7, 11) is -3.38. The summed E-state index contributed by atoms with van der Waals surface area (Å²) in [5, 5.41) is -0.420. The van der Waals surface area contributed by atoms with E-state index < -0.39 is 15.1 Å². The maximum absolute atomic E-state index is 13.3. The zero-order chi connectivity index (χ0) is 21.4. The highest BCUT2D eigenvalue weighted by molar-refractivity contribution is 7.92. The van der Waals surface area contributed by atoms with Crippen molar-refractivity contribution in [3.05, 3.63) is 90.5 Å². The van der Waals surface area contributed by atoms with Crippen LogP contribution in [0.15, 0.2) is 89.8 Å². The Morgan fingerprint density at radius 3 is 1.81 bits per heavy atom. The molecule has 2 saturated heterocycles. The molecule has 31 heavy (non-hydrogen) atoms. The van der Waals surface area contributed by atoms with Crippen LogP contribution in [-0.2, 0) is 9.84 Å². The lowest BCUT2D eigenvalue weighted by Gasteiger charge is -2.38. The fraction of sp³-hybridized carbons (Fsp3) is 0.269. The molecule has 1 amide bonds. The van der Waals surface area contributed by atoms with Gasteiger partial charge in [0.1, 0.15) is 0 Å². The van der Waals surface area contributed by atoms with Gasteiger partial charge >= 0.3 is 0 Å². The molecule has 0 aromatic heterocycles. The van der Waals surface area contributed by atoms with E-state index in [0.717, 1.165) is 24.0 Å². The van der Waals surface area contributed by atoms with E-state index in [1.807, 2.05) is 53.4 Å². The number of piperidine rings is 1. The number of hydrogen-bond donors (Lipinski definition) is 0. The third kappa shape index (κ3) is 3.68. The number of nitrogens with zero attached hydrogens (tertiary/aromatic N) is 1. The largest absolute Gasteiger partial charge is 0.333 e. The first-order valence-electron chi connectivity index (χ1n) is 10.8. The predicted octanol–water partition coefficient (Wildman–Crippen LogP) is 4.96. The molecule has 2 aliphatic heterocycles. The SMILES string of the molecule is O=C(c1ccc(-c2ccccc2)cc1)N1C2CCC1CC(S(=O)(=O)c1ccccc1)C2. The highest BCUT2D eigenvalue weighted by atomic mass is 32.2. The lowest BCUT2D eigenvalue weighted by atomic mass is 9.99. The molecule has 3 aromatic carbocycles. The smallest absolute Gasteiger partial charge is 0.254 e. The van der Waals surface area contributed by atoms with E-state index in [9.17, 15) is 13.2 Å². The monoisotopic (exact) mass is 431 g/mol. The fourth-order valence-corrected chi connectivity index (χ4v) is 6.97. The molecule has 3 aromatic rings. The van der Waals surface area contributed by atoms with Crippen molar-refractivity contribution in [2.75, 3.05) is 0 Å². The zero-order valence-electron chi connectivity index (χ0n) is 17.2. The molecule has 2 atom stereocenters. The Morgan fingerprint density at radius 1 is 0.710 bits per heavy atom. The van der Waals surface area contributed by atoms with Crippen molar-refractivity contribution in [3.63, 3.8) is 0 Å². The molecule has 2 fully saturated rings. The minimum Gasteiger partial charge on any atom is -0.333 e. The molecule has 4 nitrogen and oxygen atoms in total. The van der Waals surface area contributed by atoms with Crippen molar-refractivity contribution in [1.29, 1.82) is 0 Å². The number of fused-ring (bicyclic) bond motifs is 2. The Morgan fingerprint density at radius 2 is 1.23 bits per heavy atom. The van der Waals surface area contributed by atoms with Gasteiger partial charge in [0.2, 0.25) is 0 Å². The summed E-state index contributed by atoms with van der Waals surface area (Å²) in [6.07, 6.45) is 2.78. The molecule has 5 heteroatoms. The molecule has 0 N–H and O–H groups in total. The summed E-state index contributed by atoms with van der Waals surface area (Å²) in [5.41, 5.74) is 2.86. The Balaban J connectivity index is 1.34. The van der Waals surface area contributed by atoms with Gasteiger partial charge in [-0.05, 0) is 61.1 Å².